The molecule has 0 aromatic rings. The van der Waals surface area contributed by atoms with Crippen LogP contribution in [0.1, 0.15) is 116 Å². The molecule has 6 nitrogen and oxygen atoms in total. The molecule has 0 amide bonds. The molecule has 0 aromatic carbocycles. The number of hydrogen-bond donors (Lipinski definition) is 3. The van der Waals surface area contributed by atoms with E-state index in [1.54, 1.807) is 0 Å². The van der Waals surface area contributed by atoms with Gasteiger partial charge < -0.3 is 15.3 Å². The van der Waals surface area contributed by atoms with Gasteiger partial charge in [0.15, 0.2) is 0 Å². The van der Waals surface area contributed by atoms with E-state index in [1.165, 1.54) is 96.3 Å². The van der Waals surface area contributed by atoms with E-state index in [1.807, 2.05) is 0 Å². The lowest BCUT2D eigenvalue weighted by Gasteiger charge is -2.03. The lowest BCUT2D eigenvalue weighted by molar-refractivity contribution is -0.139. The molecular formula is C26H47O6. The number of hydrogen-bond acceptors (Lipinski definition) is 3. The fourth-order valence-corrected chi connectivity index (χ4v) is 2.81. The van der Waals surface area contributed by atoms with Crippen LogP contribution in [0.3, 0.4) is 0 Å². The Labute approximate surface area is 195 Å². The number of unbranched alkanes of at least 4 members (excludes halogenated alkanes) is 15. The van der Waals surface area contributed by atoms with Gasteiger partial charge in [0.25, 0.3) is 0 Å². The van der Waals surface area contributed by atoms with Gasteiger partial charge in [-0.3, -0.25) is 4.79 Å². The quantitative estimate of drug-likeness (QED) is 0.138. The van der Waals surface area contributed by atoms with Crippen LogP contribution in [0.25, 0.3) is 0 Å². The van der Waals surface area contributed by atoms with Crippen LogP contribution in [0, 0.1) is 6.92 Å². The van der Waals surface area contributed by atoms with Crippen molar-refractivity contribution >= 4 is 17.9 Å². The number of carboxylic acid groups (broad SMARTS) is 3. The van der Waals surface area contributed by atoms with E-state index in [9.17, 15) is 14.4 Å². The molecule has 0 rings (SSSR count). The molecule has 3 N–H and O–H groups in total. The average molecular weight is 456 g/mol. The summed E-state index contributed by atoms with van der Waals surface area (Å²) in [6.45, 7) is 12.2. The van der Waals surface area contributed by atoms with Crippen LogP contribution in [0.5, 0.6) is 0 Å². The number of aliphatic carboxylic acids is 3. The summed E-state index contributed by atoms with van der Waals surface area (Å²) in [5, 5.41) is 23.7. The summed E-state index contributed by atoms with van der Waals surface area (Å²) in [4.78, 5) is 28.9. The highest BCUT2D eigenvalue weighted by atomic mass is 16.4. The first-order valence-electron chi connectivity index (χ1n) is 12.0. The summed E-state index contributed by atoms with van der Waals surface area (Å²) in [6.07, 6.45) is 23.2. The van der Waals surface area contributed by atoms with Crippen LogP contribution in [0.2, 0.25) is 0 Å². The highest BCUT2D eigenvalue weighted by Crippen LogP contribution is 2.13. The van der Waals surface area contributed by atoms with Crippen molar-refractivity contribution < 1.29 is 29.7 Å². The van der Waals surface area contributed by atoms with Crippen LogP contribution < -0.4 is 0 Å². The van der Waals surface area contributed by atoms with Crippen LogP contribution in [-0.2, 0) is 14.4 Å². The molecule has 0 aromatic heterocycles. The summed E-state index contributed by atoms with van der Waals surface area (Å²) < 4.78 is 0. The third-order valence-electron chi connectivity index (χ3n) is 4.70. The predicted molar refractivity (Wildman–Crippen MR) is 132 cm³/mol. The van der Waals surface area contributed by atoms with Crippen LogP contribution >= 0.6 is 0 Å². The molecular weight excluding hydrogens is 408 g/mol. The molecule has 32 heavy (non-hydrogen) atoms. The molecule has 0 heterocycles. The van der Waals surface area contributed by atoms with Crippen LogP contribution in [0.15, 0.2) is 24.8 Å². The predicted octanol–water partition coefficient (Wildman–Crippen LogP) is 7.44. The summed E-state index contributed by atoms with van der Waals surface area (Å²) >= 11 is 0. The lowest BCUT2D eigenvalue weighted by Crippen LogP contribution is -2.04. The van der Waals surface area contributed by atoms with Crippen molar-refractivity contribution in [1.82, 2.24) is 0 Å². The minimum Gasteiger partial charge on any atom is -0.481 e. The Balaban J connectivity index is -0.000000496. The fraction of sp³-hybridized carbons (Fsp3) is 0.692. The first-order valence-corrected chi connectivity index (χ1v) is 12.0. The molecule has 0 fully saturated rings. The Morgan fingerprint density at radius 1 is 0.688 bits per heavy atom. The summed E-state index contributed by atoms with van der Waals surface area (Å²) in [5.74, 6) is -3.43. The Hall–Kier alpha value is -2.11. The van der Waals surface area contributed by atoms with E-state index < -0.39 is 24.3 Å². The van der Waals surface area contributed by atoms with E-state index in [-0.39, 0.29) is 5.57 Å². The van der Waals surface area contributed by atoms with Gasteiger partial charge in [-0.15, -0.1) is 0 Å². The largest absolute Gasteiger partial charge is 0.481 e. The van der Waals surface area contributed by atoms with Crippen molar-refractivity contribution in [3.05, 3.63) is 31.7 Å². The average Bonchev–Trinajstić information content (AvgIpc) is 2.74. The molecule has 0 saturated heterocycles. The smallest absolute Gasteiger partial charge is 0.331 e. The Kier molecular flexibility index (Phi) is 31.1. The Morgan fingerprint density at radius 2 is 1.00 bits per heavy atom. The summed E-state index contributed by atoms with van der Waals surface area (Å²) in [6, 6.07) is 0. The zero-order valence-corrected chi connectivity index (χ0v) is 20.3. The second-order valence-corrected chi connectivity index (χ2v) is 7.82. The molecule has 0 unspecified atom stereocenters. The van der Waals surface area contributed by atoms with Crippen LogP contribution in [-0.4, -0.2) is 33.2 Å². The van der Waals surface area contributed by atoms with Crippen molar-refractivity contribution in [3.63, 3.8) is 0 Å². The molecule has 0 aliphatic heterocycles. The normalized spacial score (nSPS) is 9.56. The van der Waals surface area contributed by atoms with Gasteiger partial charge in [0, 0.05) is 11.6 Å². The number of carbonyl (C=O) groups is 3. The molecule has 0 saturated carbocycles. The minimum absolute atomic E-state index is 0.303. The zero-order valence-electron chi connectivity index (χ0n) is 20.3. The third-order valence-corrected chi connectivity index (χ3v) is 4.70. The van der Waals surface area contributed by atoms with Gasteiger partial charge in [-0.2, -0.15) is 0 Å². The van der Waals surface area contributed by atoms with Gasteiger partial charge in [0.2, 0.25) is 0 Å². The molecule has 6 heteroatoms. The molecule has 0 aliphatic rings. The molecule has 1 radical (unpaired) electrons. The van der Waals surface area contributed by atoms with Crippen molar-refractivity contribution in [2.24, 2.45) is 0 Å². The van der Waals surface area contributed by atoms with E-state index in [4.69, 9.17) is 15.3 Å². The van der Waals surface area contributed by atoms with E-state index >= 15 is 0 Å². The van der Waals surface area contributed by atoms with E-state index in [2.05, 4.69) is 27.0 Å². The highest BCUT2D eigenvalue weighted by molar-refractivity contribution is 5.91. The fourth-order valence-electron chi connectivity index (χ4n) is 2.81. The molecule has 0 spiro atoms. The molecule has 0 atom stereocenters. The Morgan fingerprint density at radius 3 is 1.19 bits per heavy atom. The summed E-state index contributed by atoms with van der Waals surface area (Å²) in [7, 11) is 0. The third kappa shape index (κ3) is 38.5. The second kappa shape index (κ2) is 28.9. The van der Waals surface area contributed by atoms with Gasteiger partial charge in [0.1, 0.15) is 0 Å². The number of rotatable bonds is 19. The first kappa shape index (κ1) is 34.5. The summed E-state index contributed by atoms with van der Waals surface area (Å²) in [5.41, 5.74) is -0.303. The van der Waals surface area contributed by atoms with Crippen molar-refractivity contribution in [2.45, 2.75) is 116 Å². The Bertz CT molecular complexity index is 469. The second-order valence-electron chi connectivity index (χ2n) is 7.82. The maximum atomic E-state index is 9.87. The van der Waals surface area contributed by atoms with Crippen LogP contribution in [0.4, 0.5) is 0 Å². The van der Waals surface area contributed by atoms with Gasteiger partial charge >= 0.3 is 17.9 Å². The van der Waals surface area contributed by atoms with Gasteiger partial charge in [0.05, 0.1) is 6.42 Å². The highest BCUT2D eigenvalue weighted by Gasteiger charge is 2.07. The van der Waals surface area contributed by atoms with Gasteiger partial charge in [-0.1, -0.05) is 130 Å². The lowest BCUT2D eigenvalue weighted by atomic mass is 10.0. The van der Waals surface area contributed by atoms with Crippen molar-refractivity contribution in [3.8, 4) is 0 Å². The standard InChI is InChI=1S/C18H37.C5H6O4.C3H4O2/c1-3-5-7-9-11-13-15-17-18-16-14-12-10-8-6-4-2;1-3(5(8)9)2-4(6)7;1-2-3(4)5/h1,3-18H2,2H3;1-2H2,(H,6,7)(H,8,9);2H,1H2,(H,4,5). The molecule has 0 aliphatic carbocycles. The topological polar surface area (TPSA) is 112 Å². The van der Waals surface area contributed by atoms with E-state index in [0.29, 0.717) is 0 Å². The minimum atomic E-state index is -1.27. The first-order chi connectivity index (χ1) is 15.2. The van der Waals surface area contributed by atoms with Gasteiger partial charge in [-0.25, -0.2) is 9.59 Å². The monoisotopic (exact) mass is 455 g/mol. The van der Waals surface area contributed by atoms with Gasteiger partial charge in [-0.05, 0) is 0 Å². The maximum Gasteiger partial charge on any atom is 0.331 e. The zero-order chi connectivity index (χ0) is 25.0. The van der Waals surface area contributed by atoms with Crippen molar-refractivity contribution in [2.75, 3.05) is 0 Å². The SMILES string of the molecule is C=C(CC(=O)O)C(=O)O.C=CC(=O)O.[CH2]CCCCCCCCCCCCCCCCC. The number of carboxylic acids is 3. The van der Waals surface area contributed by atoms with E-state index in [0.717, 1.165) is 12.5 Å². The van der Waals surface area contributed by atoms with Crippen molar-refractivity contribution in [1.29, 1.82) is 0 Å². The molecule has 0 bridgehead atoms. The maximum absolute atomic E-state index is 9.87. The molecule has 187 valence electrons.